The van der Waals surface area contributed by atoms with Crippen molar-refractivity contribution in [3.05, 3.63) is 35.9 Å². The second-order valence-electron chi connectivity index (χ2n) is 5.87. The van der Waals surface area contributed by atoms with Gasteiger partial charge in [-0.25, -0.2) is 0 Å². The number of carbonyl (C=O) groups is 1. The van der Waals surface area contributed by atoms with Crippen molar-refractivity contribution in [3.8, 4) is 0 Å². The van der Waals surface area contributed by atoms with E-state index in [-0.39, 0.29) is 12.1 Å². The molecule has 0 radical (unpaired) electrons. The Balaban J connectivity index is 2.18. The van der Waals surface area contributed by atoms with Crippen molar-refractivity contribution >= 4 is 5.97 Å². The molecule has 0 saturated heterocycles. The third-order valence-electron chi connectivity index (χ3n) is 2.84. The monoisotopic (exact) mass is 264 g/mol. The first-order valence-corrected chi connectivity index (χ1v) is 6.79. The molecule has 0 aromatic heterocycles. The van der Waals surface area contributed by atoms with Gasteiger partial charge in [0.2, 0.25) is 0 Å². The zero-order chi connectivity index (χ0) is 14.3. The molecule has 0 fully saturated rings. The maximum absolute atomic E-state index is 11.5. The zero-order valence-corrected chi connectivity index (χ0v) is 12.1. The molecule has 19 heavy (non-hydrogen) atoms. The number of esters is 1. The van der Waals surface area contributed by atoms with Gasteiger partial charge in [0, 0.05) is 0 Å². The lowest BCUT2D eigenvalue weighted by molar-refractivity contribution is -0.153. The van der Waals surface area contributed by atoms with Crippen LogP contribution in [0.1, 0.15) is 39.2 Å². The van der Waals surface area contributed by atoms with Crippen LogP contribution in [-0.2, 0) is 16.0 Å². The van der Waals surface area contributed by atoms with E-state index in [4.69, 9.17) is 4.74 Å². The van der Waals surface area contributed by atoms with Crippen molar-refractivity contribution in [2.45, 2.75) is 46.1 Å². The van der Waals surface area contributed by atoms with Crippen molar-refractivity contribution in [3.63, 3.8) is 0 Å². The van der Waals surface area contributed by atoms with Crippen molar-refractivity contribution in [2.75, 3.05) is 6.61 Å². The smallest absolute Gasteiger partial charge is 0.311 e. The number of hydrogen-bond acceptors (Lipinski definition) is 3. The molecule has 3 heteroatoms. The Morgan fingerprint density at radius 3 is 2.47 bits per heavy atom. The molecule has 1 aromatic rings. The average molecular weight is 264 g/mol. The van der Waals surface area contributed by atoms with Crippen molar-refractivity contribution in [2.24, 2.45) is 5.41 Å². The summed E-state index contributed by atoms with van der Waals surface area (Å²) in [6, 6.07) is 9.90. The summed E-state index contributed by atoms with van der Waals surface area (Å²) in [5.41, 5.74) is 0.671. The summed E-state index contributed by atoms with van der Waals surface area (Å²) >= 11 is 0. The highest BCUT2D eigenvalue weighted by molar-refractivity contribution is 5.75. The highest BCUT2D eigenvalue weighted by atomic mass is 16.5. The van der Waals surface area contributed by atoms with E-state index in [0.717, 1.165) is 5.56 Å². The second-order valence-corrected chi connectivity index (χ2v) is 5.87. The number of rotatable bonds is 6. The van der Waals surface area contributed by atoms with Crippen molar-refractivity contribution in [1.29, 1.82) is 0 Å². The summed E-state index contributed by atoms with van der Waals surface area (Å²) in [7, 11) is 0. The van der Waals surface area contributed by atoms with E-state index in [9.17, 15) is 9.90 Å². The molecular formula is C16H24O3. The Hall–Kier alpha value is -1.35. The quantitative estimate of drug-likeness (QED) is 0.634. The van der Waals surface area contributed by atoms with E-state index in [0.29, 0.717) is 25.9 Å². The van der Waals surface area contributed by atoms with Crippen LogP contribution < -0.4 is 0 Å². The summed E-state index contributed by atoms with van der Waals surface area (Å²) in [5, 5.41) is 9.89. The summed E-state index contributed by atoms with van der Waals surface area (Å²) in [5.74, 6) is -0.190. The van der Waals surface area contributed by atoms with Crippen LogP contribution in [0.3, 0.4) is 0 Å². The van der Waals surface area contributed by atoms with Crippen LogP contribution in [0.4, 0.5) is 0 Å². The molecule has 1 rings (SSSR count). The van der Waals surface area contributed by atoms with E-state index >= 15 is 0 Å². The van der Waals surface area contributed by atoms with Crippen LogP contribution in [0.2, 0.25) is 0 Å². The molecule has 0 unspecified atom stereocenters. The number of benzene rings is 1. The van der Waals surface area contributed by atoms with Gasteiger partial charge in [-0.1, -0.05) is 30.3 Å². The summed E-state index contributed by atoms with van der Waals surface area (Å²) in [6.07, 6.45) is 1.60. The molecule has 106 valence electrons. The van der Waals surface area contributed by atoms with Gasteiger partial charge in [0.25, 0.3) is 0 Å². The highest BCUT2D eigenvalue weighted by Gasteiger charge is 2.22. The molecule has 1 atom stereocenters. The van der Waals surface area contributed by atoms with Gasteiger partial charge in [0.1, 0.15) is 0 Å². The second kappa shape index (κ2) is 7.29. The molecule has 0 spiro atoms. The fourth-order valence-electron chi connectivity index (χ4n) is 1.69. The van der Waals surface area contributed by atoms with Crippen LogP contribution in [0, 0.1) is 5.41 Å². The molecule has 0 aliphatic heterocycles. The van der Waals surface area contributed by atoms with Gasteiger partial charge in [-0.15, -0.1) is 0 Å². The fraction of sp³-hybridized carbons (Fsp3) is 0.562. The molecule has 1 N–H and O–H groups in total. The largest absolute Gasteiger partial charge is 0.465 e. The normalized spacial score (nSPS) is 13.1. The topological polar surface area (TPSA) is 46.5 Å². The first-order chi connectivity index (χ1) is 8.89. The fourth-order valence-corrected chi connectivity index (χ4v) is 1.69. The van der Waals surface area contributed by atoms with E-state index in [1.807, 2.05) is 51.1 Å². The van der Waals surface area contributed by atoms with Gasteiger partial charge in [-0.3, -0.25) is 4.79 Å². The minimum Gasteiger partial charge on any atom is -0.465 e. The maximum Gasteiger partial charge on any atom is 0.311 e. The maximum atomic E-state index is 11.5. The molecule has 0 bridgehead atoms. The van der Waals surface area contributed by atoms with Crippen LogP contribution in [0.5, 0.6) is 0 Å². The van der Waals surface area contributed by atoms with Crippen LogP contribution >= 0.6 is 0 Å². The summed E-state index contributed by atoms with van der Waals surface area (Å²) in [6.45, 7) is 5.88. The molecule has 0 aliphatic carbocycles. The molecular weight excluding hydrogens is 240 g/mol. The number of aliphatic hydroxyl groups is 1. The third kappa shape index (κ3) is 6.39. The predicted molar refractivity (Wildman–Crippen MR) is 75.8 cm³/mol. The molecule has 0 amide bonds. The minimum absolute atomic E-state index is 0.190. The Kier molecular flexibility index (Phi) is 6.03. The Morgan fingerprint density at radius 2 is 1.89 bits per heavy atom. The summed E-state index contributed by atoms with van der Waals surface area (Å²) < 4.78 is 5.16. The number of hydrogen-bond donors (Lipinski definition) is 1. The van der Waals surface area contributed by atoms with Gasteiger partial charge in [-0.2, -0.15) is 0 Å². The van der Waals surface area contributed by atoms with Gasteiger partial charge in [0.05, 0.1) is 18.1 Å². The molecule has 1 aromatic carbocycles. The highest BCUT2D eigenvalue weighted by Crippen LogP contribution is 2.15. The van der Waals surface area contributed by atoms with Gasteiger partial charge < -0.3 is 9.84 Å². The van der Waals surface area contributed by atoms with Crippen LogP contribution in [0.25, 0.3) is 0 Å². The predicted octanol–water partition coefficient (Wildman–Crippen LogP) is 2.96. The van der Waals surface area contributed by atoms with E-state index in [2.05, 4.69) is 0 Å². The van der Waals surface area contributed by atoms with E-state index < -0.39 is 5.41 Å². The van der Waals surface area contributed by atoms with Crippen LogP contribution in [-0.4, -0.2) is 23.8 Å². The van der Waals surface area contributed by atoms with Gasteiger partial charge in [-0.05, 0) is 45.6 Å². The van der Waals surface area contributed by atoms with Crippen LogP contribution in [0.15, 0.2) is 30.3 Å². The molecule has 0 aliphatic rings. The minimum atomic E-state index is -0.456. The lowest BCUT2D eigenvalue weighted by Gasteiger charge is -2.17. The molecule has 0 heterocycles. The SMILES string of the molecule is CC(C)(C)C(=O)OCCC[C@H](O)Cc1ccccc1. The lowest BCUT2D eigenvalue weighted by atomic mass is 9.97. The molecule has 0 saturated carbocycles. The lowest BCUT2D eigenvalue weighted by Crippen LogP contribution is -2.23. The average Bonchev–Trinajstić information content (AvgIpc) is 2.34. The Morgan fingerprint density at radius 1 is 1.26 bits per heavy atom. The van der Waals surface area contributed by atoms with E-state index in [1.54, 1.807) is 0 Å². The van der Waals surface area contributed by atoms with Crippen molar-refractivity contribution < 1.29 is 14.6 Å². The molecule has 3 nitrogen and oxygen atoms in total. The number of ether oxygens (including phenoxy) is 1. The Bertz CT molecular complexity index is 379. The zero-order valence-electron chi connectivity index (χ0n) is 12.1. The number of carbonyl (C=O) groups excluding carboxylic acids is 1. The third-order valence-corrected chi connectivity index (χ3v) is 2.84. The standard InChI is InChI=1S/C16H24O3/c1-16(2,3)15(18)19-11-7-10-14(17)12-13-8-5-4-6-9-13/h4-6,8-9,14,17H,7,10-12H2,1-3H3/t14-/m0/s1. The first-order valence-electron chi connectivity index (χ1n) is 6.79. The van der Waals surface area contributed by atoms with E-state index in [1.165, 1.54) is 0 Å². The summed E-state index contributed by atoms with van der Waals surface area (Å²) in [4.78, 5) is 11.5. The number of aliphatic hydroxyl groups excluding tert-OH is 1. The Labute approximate surface area is 115 Å². The van der Waals surface area contributed by atoms with Crippen molar-refractivity contribution in [1.82, 2.24) is 0 Å². The van der Waals surface area contributed by atoms with Gasteiger partial charge >= 0.3 is 5.97 Å². The van der Waals surface area contributed by atoms with Gasteiger partial charge in [0.15, 0.2) is 0 Å². The first kappa shape index (κ1) is 15.7.